The molecule has 6 nitrogen and oxygen atoms in total. The SMILES string of the molecule is O=C(NCC1CCN(c2ccccc2)C1)c1ccc(Cl)c(S(=O)(=O)N2CCCCC2)c1. The molecule has 0 radical (unpaired) electrons. The summed E-state index contributed by atoms with van der Waals surface area (Å²) < 4.78 is 27.5. The third-order valence-electron chi connectivity index (χ3n) is 6.08. The van der Waals surface area contributed by atoms with Gasteiger partial charge in [-0.25, -0.2) is 8.42 Å². The Labute approximate surface area is 189 Å². The molecule has 0 spiro atoms. The van der Waals surface area contributed by atoms with Gasteiger partial charge in [-0.15, -0.1) is 0 Å². The maximum atomic E-state index is 13.0. The zero-order valence-corrected chi connectivity index (χ0v) is 19.0. The number of carbonyl (C=O) groups is 1. The number of rotatable bonds is 6. The van der Waals surface area contributed by atoms with Crippen molar-refractivity contribution >= 4 is 33.2 Å². The smallest absolute Gasteiger partial charge is 0.251 e. The molecule has 0 bridgehead atoms. The van der Waals surface area contributed by atoms with Crippen LogP contribution in [0.15, 0.2) is 53.4 Å². The van der Waals surface area contributed by atoms with Gasteiger partial charge in [0.2, 0.25) is 10.0 Å². The minimum atomic E-state index is -3.70. The van der Waals surface area contributed by atoms with Crippen molar-refractivity contribution in [1.29, 1.82) is 0 Å². The monoisotopic (exact) mass is 461 g/mol. The standard InChI is InChI=1S/C23H28ClN3O3S/c24-21-10-9-19(15-22(21)31(29,30)27-12-5-2-6-13-27)23(28)25-16-18-11-14-26(17-18)20-7-3-1-4-8-20/h1,3-4,7-10,15,18H,2,5-6,11-14,16-17H2,(H,25,28). The number of benzene rings is 2. The Morgan fingerprint density at radius 1 is 1.03 bits per heavy atom. The van der Waals surface area contributed by atoms with Gasteiger partial charge in [-0.1, -0.05) is 36.2 Å². The largest absolute Gasteiger partial charge is 0.371 e. The molecule has 0 saturated carbocycles. The van der Waals surface area contributed by atoms with Gasteiger partial charge in [0, 0.05) is 44.0 Å². The van der Waals surface area contributed by atoms with Crippen molar-refractivity contribution in [3.63, 3.8) is 0 Å². The molecule has 2 aromatic rings. The fourth-order valence-electron chi connectivity index (χ4n) is 4.30. The van der Waals surface area contributed by atoms with Crippen LogP contribution in [0.25, 0.3) is 0 Å². The van der Waals surface area contributed by atoms with Crippen LogP contribution in [0.1, 0.15) is 36.0 Å². The minimum absolute atomic E-state index is 0.0137. The van der Waals surface area contributed by atoms with E-state index in [1.54, 1.807) is 6.07 Å². The average Bonchev–Trinajstić information content (AvgIpc) is 3.28. The molecule has 2 fully saturated rings. The Hall–Kier alpha value is -2.09. The van der Waals surface area contributed by atoms with Crippen LogP contribution >= 0.6 is 11.6 Å². The van der Waals surface area contributed by atoms with Crippen molar-refractivity contribution < 1.29 is 13.2 Å². The molecule has 4 rings (SSSR count). The second-order valence-electron chi connectivity index (χ2n) is 8.26. The average molecular weight is 462 g/mol. The van der Waals surface area contributed by atoms with Crippen LogP contribution < -0.4 is 10.2 Å². The Bertz CT molecular complexity index is 1020. The van der Waals surface area contributed by atoms with Gasteiger partial charge >= 0.3 is 0 Å². The van der Waals surface area contributed by atoms with Gasteiger partial charge in [-0.05, 0) is 55.5 Å². The number of piperidine rings is 1. The zero-order valence-electron chi connectivity index (χ0n) is 17.5. The van der Waals surface area contributed by atoms with Crippen molar-refractivity contribution in [2.75, 3.05) is 37.6 Å². The lowest BCUT2D eigenvalue weighted by atomic mass is 10.1. The molecule has 1 N–H and O–H groups in total. The first-order chi connectivity index (χ1) is 14.9. The molecule has 166 valence electrons. The van der Waals surface area contributed by atoms with Gasteiger partial charge < -0.3 is 10.2 Å². The summed E-state index contributed by atoms with van der Waals surface area (Å²) in [5.74, 6) is 0.0814. The summed E-state index contributed by atoms with van der Waals surface area (Å²) in [5, 5.41) is 3.12. The lowest BCUT2D eigenvalue weighted by Crippen LogP contribution is -2.36. The third kappa shape index (κ3) is 5.05. The number of halogens is 1. The van der Waals surface area contributed by atoms with Crippen LogP contribution in [-0.4, -0.2) is 51.4 Å². The molecule has 31 heavy (non-hydrogen) atoms. The summed E-state index contributed by atoms with van der Waals surface area (Å²) in [7, 11) is -3.70. The number of sulfonamides is 1. The molecule has 8 heteroatoms. The van der Waals surface area contributed by atoms with E-state index in [0.29, 0.717) is 31.1 Å². The van der Waals surface area contributed by atoms with Crippen LogP contribution in [0.5, 0.6) is 0 Å². The Morgan fingerprint density at radius 2 is 1.77 bits per heavy atom. The second kappa shape index (κ2) is 9.59. The van der Waals surface area contributed by atoms with Gasteiger partial charge in [-0.3, -0.25) is 4.79 Å². The van der Waals surface area contributed by atoms with Gasteiger partial charge in [0.25, 0.3) is 5.91 Å². The number of nitrogens with one attached hydrogen (secondary N) is 1. The number of carbonyl (C=O) groups excluding carboxylic acids is 1. The fourth-order valence-corrected chi connectivity index (χ4v) is 6.32. The highest BCUT2D eigenvalue weighted by Crippen LogP contribution is 2.28. The zero-order chi connectivity index (χ0) is 21.8. The first-order valence-electron chi connectivity index (χ1n) is 10.8. The minimum Gasteiger partial charge on any atom is -0.371 e. The summed E-state index contributed by atoms with van der Waals surface area (Å²) in [6.45, 7) is 3.39. The van der Waals surface area contributed by atoms with Gasteiger partial charge in [0.15, 0.2) is 0 Å². The summed E-state index contributed by atoms with van der Waals surface area (Å²) in [6.07, 6.45) is 3.73. The molecule has 0 aliphatic carbocycles. The van der Waals surface area contributed by atoms with Crippen molar-refractivity contribution in [3.8, 4) is 0 Å². The number of anilines is 1. The molecular formula is C23H28ClN3O3S. The number of nitrogens with zero attached hydrogens (tertiary/aromatic N) is 2. The van der Waals surface area contributed by atoms with Gasteiger partial charge in [0.1, 0.15) is 4.90 Å². The lowest BCUT2D eigenvalue weighted by Gasteiger charge is -2.26. The van der Waals surface area contributed by atoms with Crippen molar-refractivity contribution in [2.24, 2.45) is 5.92 Å². The van der Waals surface area contributed by atoms with Crippen molar-refractivity contribution in [3.05, 3.63) is 59.1 Å². The molecule has 1 amide bonds. The lowest BCUT2D eigenvalue weighted by molar-refractivity contribution is 0.0948. The quantitative estimate of drug-likeness (QED) is 0.710. The van der Waals surface area contributed by atoms with E-state index < -0.39 is 10.0 Å². The molecule has 1 atom stereocenters. The highest BCUT2D eigenvalue weighted by atomic mass is 35.5. The summed E-state index contributed by atoms with van der Waals surface area (Å²) in [5.41, 5.74) is 1.51. The maximum absolute atomic E-state index is 13.0. The van der Waals surface area contributed by atoms with Crippen LogP contribution in [-0.2, 0) is 10.0 Å². The Kier molecular flexibility index (Phi) is 6.84. The maximum Gasteiger partial charge on any atom is 0.251 e. The van der Waals surface area contributed by atoms with Crippen LogP contribution in [0.4, 0.5) is 5.69 Å². The van der Waals surface area contributed by atoms with Gasteiger partial charge in [0.05, 0.1) is 5.02 Å². The molecule has 1 unspecified atom stereocenters. The topological polar surface area (TPSA) is 69.7 Å². The molecule has 2 aliphatic rings. The van der Waals surface area contributed by atoms with E-state index in [1.165, 1.54) is 22.1 Å². The Balaban J connectivity index is 1.40. The first-order valence-corrected chi connectivity index (χ1v) is 12.6. The summed E-state index contributed by atoms with van der Waals surface area (Å²) in [6, 6.07) is 14.7. The van der Waals surface area contributed by atoms with Crippen molar-refractivity contribution in [2.45, 2.75) is 30.6 Å². The fraction of sp³-hybridized carbons (Fsp3) is 0.435. The van der Waals surface area contributed by atoms with E-state index in [9.17, 15) is 13.2 Å². The Morgan fingerprint density at radius 3 is 2.52 bits per heavy atom. The second-order valence-corrected chi connectivity index (χ2v) is 10.6. The number of hydrogen-bond acceptors (Lipinski definition) is 4. The highest BCUT2D eigenvalue weighted by Gasteiger charge is 2.29. The van der Waals surface area contributed by atoms with E-state index in [4.69, 9.17) is 11.6 Å². The molecular weight excluding hydrogens is 434 g/mol. The third-order valence-corrected chi connectivity index (χ3v) is 8.46. The molecule has 2 aromatic carbocycles. The summed E-state index contributed by atoms with van der Waals surface area (Å²) >= 11 is 6.22. The van der Waals surface area contributed by atoms with E-state index in [-0.39, 0.29) is 15.8 Å². The van der Waals surface area contributed by atoms with Crippen LogP contribution in [0.2, 0.25) is 5.02 Å². The predicted octanol–water partition coefficient (Wildman–Crippen LogP) is 3.77. The molecule has 2 aliphatic heterocycles. The summed E-state index contributed by atoms with van der Waals surface area (Å²) in [4.78, 5) is 15.1. The van der Waals surface area contributed by atoms with E-state index in [1.807, 2.05) is 18.2 Å². The van der Waals surface area contributed by atoms with E-state index in [0.717, 1.165) is 38.8 Å². The molecule has 0 aromatic heterocycles. The van der Waals surface area contributed by atoms with Crippen LogP contribution in [0.3, 0.4) is 0 Å². The normalized spacial score (nSPS) is 20.0. The van der Waals surface area contributed by atoms with Crippen LogP contribution in [0, 0.1) is 5.92 Å². The molecule has 2 heterocycles. The van der Waals surface area contributed by atoms with Crippen molar-refractivity contribution in [1.82, 2.24) is 9.62 Å². The number of amides is 1. The van der Waals surface area contributed by atoms with E-state index >= 15 is 0 Å². The van der Waals surface area contributed by atoms with Gasteiger partial charge in [-0.2, -0.15) is 4.31 Å². The highest BCUT2D eigenvalue weighted by molar-refractivity contribution is 7.89. The number of para-hydroxylation sites is 1. The predicted molar refractivity (Wildman–Crippen MR) is 123 cm³/mol. The van der Waals surface area contributed by atoms with E-state index in [2.05, 4.69) is 22.3 Å². The molecule has 2 saturated heterocycles. The first kappa shape index (κ1) is 22.1. The number of hydrogen-bond donors (Lipinski definition) is 1.